The SMILES string of the molecule is CCn1cc(C=O)c(-c2c(C)cc(C)cc2C)n1. The molecule has 0 amide bonds. The molecule has 0 saturated heterocycles. The summed E-state index contributed by atoms with van der Waals surface area (Å²) in [7, 11) is 0. The molecule has 0 N–H and O–H groups in total. The third-order valence-corrected chi connectivity index (χ3v) is 3.15. The Labute approximate surface area is 107 Å². The van der Waals surface area contributed by atoms with Crippen LogP contribution in [0.5, 0.6) is 0 Å². The van der Waals surface area contributed by atoms with Crippen molar-refractivity contribution in [2.75, 3.05) is 0 Å². The highest BCUT2D eigenvalue weighted by atomic mass is 16.1. The van der Waals surface area contributed by atoms with Crippen LogP contribution >= 0.6 is 0 Å². The highest BCUT2D eigenvalue weighted by Crippen LogP contribution is 2.29. The summed E-state index contributed by atoms with van der Waals surface area (Å²) in [6.07, 6.45) is 2.69. The second-order valence-electron chi connectivity index (χ2n) is 4.68. The van der Waals surface area contributed by atoms with Crippen LogP contribution in [-0.4, -0.2) is 16.1 Å². The molecular formula is C15H18N2O. The topological polar surface area (TPSA) is 34.9 Å². The van der Waals surface area contributed by atoms with Crippen LogP contribution in [0.25, 0.3) is 11.3 Å². The van der Waals surface area contributed by atoms with E-state index in [2.05, 4.69) is 38.0 Å². The number of carbonyl (C=O) groups is 1. The van der Waals surface area contributed by atoms with Gasteiger partial charge in [-0.15, -0.1) is 0 Å². The molecule has 0 saturated carbocycles. The third-order valence-electron chi connectivity index (χ3n) is 3.15. The van der Waals surface area contributed by atoms with Gasteiger partial charge in [-0.05, 0) is 38.8 Å². The number of aryl methyl sites for hydroxylation is 4. The van der Waals surface area contributed by atoms with E-state index in [1.807, 2.05) is 6.92 Å². The van der Waals surface area contributed by atoms with Crippen LogP contribution in [0, 0.1) is 20.8 Å². The van der Waals surface area contributed by atoms with E-state index in [1.54, 1.807) is 10.9 Å². The molecule has 0 bridgehead atoms. The van der Waals surface area contributed by atoms with Crippen molar-refractivity contribution < 1.29 is 4.79 Å². The fourth-order valence-corrected chi connectivity index (χ4v) is 2.43. The molecule has 0 spiro atoms. The molecule has 3 nitrogen and oxygen atoms in total. The summed E-state index contributed by atoms with van der Waals surface area (Å²) in [4.78, 5) is 11.2. The maximum atomic E-state index is 11.2. The van der Waals surface area contributed by atoms with Gasteiger partial charge >= 0.3 is 0 Å². The van der Waals surface area contributed by atoms with Crippen LogP contribution in [0.4, 0.5) is 0 Å². The van der Waals surface area contributed by atoms with Crippen molar-refractivity contribution in [3.8, 4) is 11.3 Å². The first-order valence-corrected chi connectivity index (χ1v) is 6.17. The summed E-state index contributed by atoms with van der Waals surface area (Å²) in [5, 5.41) is 4.51. The number of aldehydes is 1. The molecule has 0 aliphatic heterocycles. The lowest BCUT2D eigenvalue weighted by Crippen LogP contribution is -1.96. The third kappa shape index (κ3) is 2.08. The molecule has 3 heteroatoms. The minimum absolute atomic E-state index is 0.659. The van der Waals surface area contributed by atoms with Crippen molar-refractivity contribution in [1.82, 2.24) is 9.78 Å². The second kappa shape index (κ2) is 4.77. The van der Waals surface area contributed by atoms with Gasteiger partial charge in [0, 0.05) is 18.3 Å². The van der Waals surface area contributed by atoms with E-state index in [1.165, 1.54) is 5.56 Å². The van der Waals surface area contributed by atoms with Gasteiger partial charge in [0.15, 0.2) is 6.29 Å². The minimum atomic E-state index is 0.659. The van der Waals surface area contributed by atoms with Gasteiger partial charge in [0.2, 0.25) is 0 Å². The summed E-state index contributed by atoms with van der Waals surface area (Å²) < 4.78 is 1.80. The molecule has 0 atom stereocenters. The van der Waals surface area contributed by atoms with Gasteiger partial charge in [-0.3, -0.25) is 9.48 Å². The summed E-state index contributed by atoms with van der Waals surface area (Å²) in [5.74, 6) is 0. The maximum Gasteiger partial charge on any atom is 0.153 e. The van der Waals surface area contributed by atoms with Gasteiger partial charge < -0.3 is 0 Å². The van der Waals surface area contributed by atoms with Crippen LogP contribution in [0.1, 0.15) is 34.0 Å². The van der Waals surface area contributed by atoms with Gasteiger partial charge in [-0.1, -0.05) is 17.7 Å². The number of carbonyl (C=O) groups excluding carboxylic acids is 1. The van der Waals surface area contributed by atoms with E-state index in [9.17, 15) is 4.79 Å². The lowest BCUT2D eigenvalue weighted by molar-refractivity contribution is 0.112. The van der Waals surface area contributed by atoms with E-state index >= 15 is 0 Å². The number of nitrogens with zero attached hydrogens (tertiary/aromatic N) is 2. The average Bonchev–Trinajstić information content (AvgIpc) is 2.71. The predicted molar refractivity (Wildman–Crippen MR) is 72.9 cm³/mol. The van der Waals surface area contributed by atoms with Crippen molar-refractivity contribution in [2.24, 2.45) is 0 Å². The van der Waals surface area contributed by atoms with Crippen LogP contribution in [-0.2, 0) is 6.54 Å². The Morgan fingerprint density at radius 1 is 1.22 bits per heavy atom. The van der Waals surface area contributed by atoms with E-state index in [-0.39, 0.29) is 0 Å². The Kier molecular flexibility index (Phi) is 3.32. The van der Waals surface area contributed by atoms with Crippen LogP contribution < -0.4 is 0 Å². The molecule has 18 heavy (non-hydrogen) atoms. The Balaban J connectivity index is 2.68. The van der Waals surface area contributed by atoms with Crippen molar-refractivity contribution in [1.29, 1.82) is 0 Å². The Morgan fingerprint density at radius 3 is 2.33 bits per heavy atom. The number of hydrogen-bond donors (Lipinski definition) is 0. The lowest BCUT2D eigenvalue weighted by atomic mass is 9.96. The number of benzene rings is 1. The molecule has 2 aromatic rings. The smallest absolute Gasteiger partial charge is 0.153 e. The van der Waals surface area contributed by atoms with Gasteiger partial charge in [0.25, 0.3) is 0 Å². The Bertz CT molecular complexity index is 574. The number of aromatic nitrogens is 2. The van der Waals surface area contributed by atoms with Gasteiger partial charge in [0.1, 0.15) is 5.69 Å². The molecule has 0 aliphatic carbocycles. The molecule has 0 aliphatic rings. The molecule has 0 radical (unpaired) electrons. The first-order chi connectivity index (χ1) is 8.56. The van der Waals surface area contributed by atoms with E-state index in [4.69, 9.17) is 0 Å². The zero-order valence-corrected chi connectivity index (χ0v) is 11.3. The molecule has 0 fully saturated rings. The van der Waals surface area contributed by atoms with Crippen molar-refractivity contribution in [3.05, 3.63) is 40.6 Å². The highest BCUT2D eigenvalue weighted by Gasteiger charge is 2.14. The van der Waals surface area contributed by atoms with Crippen molar-refractivity contribution in [3.63, 3.8) is 0 Å². The standard InChI is InChI=1S/C15H18N2O/c1-5-17-8-13(9-18)15(16-17)14-11(3)6-10(2)7-12(14)4/h6-9H,5H2,1-4H3. The molecule has 0 unspecified atom stereocenters. The minimum Gasteiger partial charge on any atom is -0.298 e. The maximum absolute atomic E-state index is 11.2. The monoisotopic (exact) mass is 242 g/mol. The molecule has 1 aromatic heterocycles. The summed E-state index contributed by atoms with van der Waals surface area (Å²) in [6, 6.07) is 4.25. The number of rotatable bonds is 3. The van der Waals surface area contributed by atoms with Gasteiger partial charge in [-0.25, -0.2) is 0 Å². The van der Waals surface area contributed by atoms with E-state index in [0.29, 0.717) is 5.56 Å². The average molecular weight is 242 g/mol. The van der Waals surface area contributed by atoms with Crippen LogP contribution in [0.15, 0.2) is 18.3 Å². The molecule has 1 aromatic carbocycles. The fourth-order valence-electron chi connectivity index (χ4n) is 2.43. The Hall–Kier alpha value is -1.90. The van der Waals surface area contributed by atoms with E-state index < -0.39 is 0 Å². The quantitative estimate of drug-likeness (QED) is 0.774. The summed E-state index contributed by atoms with van der Waals surface area (Å²) in [6.45, 7) is 8.99. The fraction of sp³-hybridized carbons (Fsp3) is 0.333. The highest BCUT2D eigenvalue weighted by molar-refractivity contribution is 5.87. The molecule has 1 heterocycles. The summed E-state index contributed by atoms with van der Waals surface area (Å²) in [5.41, 5.74) is 6.09. The molecule has 94 valence electrons. The second-order valence-corrected chi connectivity index (χ2v) is 4.68. The van der Waals surface area contributed by atoms with Gasteiger partial charge in [0.05, 0.1) is 5.56 Å². The summed E-state index contributed by atoms with van der Waals surface area (Å²) >= 11 is 0. The van der Waals surface area contributed by atoms with Gasteiger partial charge in [-0.2, -0.15) is 5.10 Å². The van der Waals surface area contributed by atoms with Crippen LogP contribution in [0.2, 0.25) is 0 Å². The number of hydrogen-bond acceptors (Lipinski definition) is 2. The van der Waals surface area contributed by atoms with Crippen LogP contribution in [0.3, 0.4) is 0 Å². The lowest BCUT2D eigenvalue weighted by Gasteiger charge is -2.09. The van der Waals surface area contributed by atoms with Crippen molar-refractivity contribution in [2.45, 2.75) is 34.2 Å². The first-order valence-electron chi connectivity index (χ1n) is 6.17. The zero-order valence-electron chi connectivity index (χ0n) is 11.3. The zero-order chi connectivity index (χ0) is 13.3. The first kappa shape index (κ1) is 12.6. The predicted octanol–water partition coefficient (Wildman–Crippen LogP) is 3.31. The Morgan fingerprint density at radius 2 is 1.83 bits per heavy atom. The largest absolute Gasteiger partial charge is 0.298 e. The molecular weight excluding hydrogens is 224 g/mol. The van der Waals surface area contributed by atoms with Crippen molar-refractivity contribution >= 4 is 6.29 Å². The van der Waals surface area contributed by atoms with E-state index in [0.717, 1.165) is 35.2 Å². The normalized spacial score (nSPS) is 10.7. The molecule has 2 rings (SSSR count).